The number of fused-ring (bicyclic) bond motifs is 1. The monoisotopic (exact) mass is 418 g/mol. The Morgan fingerprint density at radius 1 is 1.37 bits per heavy atom. The van der Waals surface area contributed by atoms with E-state index < -0.39 is 0 Å². The second kappa shape index (κ2) is 8.03. The Morgan fingerprint density at radius 3 is 3.11 bits per heavy atom. The lowest BCUT2D eigenvalue weighted by Gasteiger charge is -2.03. The lowest BCUT2D eigenvalue weighted by Crippen LogP contribution is -2.14. The Balaban J connectivity index is 1.37. The van der Waals surface area contributed by atoms with E-state index in [0.717, 1.165) is 20.8 Å². The zero-order chi connectivity index (χ0) is 18.6. The fourth-order valence-electron chi connectivity index (χ4n) is 2.32. The SMILES string of the molecule is COc1ccc2nc(NC(=O)CSc3nnnn3Cc3cccs3)sc2c1. The molecule has 0 aliphatic heterocycles. The molecule has 27 heavy (non-hydrogen) atoms. The van der Waals surface area contributed by atoms with Crippen LogP contribution in [0.15, 0.2) is 40.9 Å². The number of hydrogen-bond donors (Lipinski definition) is 1. The number of hydrogen-bond acceptors (Lipinski definition) is 9. The first-order valence-corrected chi connectivity index (χ1v) is 10.6. The van der Waals surface area contributed by atoms with Gasteiger partial charge in [0.2, 0.25) is 11.1 Å². The number of anilines is 1. The molecular weight excluding hydrogens is 404 g/mol. The quantitative estimate of drug-likeness (QED) is 0.461. The first-order chi connectivity index (χ1) is 13.2. The maximum absolute atomic E-state index is 12.3. The average Bonchev–Trinajstić information content (AvgIpc) is 3.40. The topological polar surface area (TPSA) is 94.8 Å². The van der Waals surface area contributed by atoms with Crippen molar-refractivity contribution in [1.29, 1.82) is 0 Å². The van der Waals surface area contributed by atoms with Gasteiger partial charge in [0.25, 0.3) is 0 Å². The van der Waals surface area contributed by atoms with E-state index in [1.807, 2.05) is 35.7 Å². The summed E-state index contributed by atoms with van der Waals surface area (Å²) in [5.41, 5.74) is 0.823. The van der Waals surface area contributed by atoms with Crippen LogP contribution in [0.1, 0.15) is 4.88 Å². The molecule has 0 radical (unpaired) electrons. The Labute approximate surface area is 166 Å². The number of thiazole rings is 1. The second-order valence-corrected chi connectivity index (χ2v) is 8.39. The molecule has 1 amide bonds. The lowest BCUT2D eigenvalue weighted by molar-refractivity contribution is -0.113. The smallest absolute Gasteiger partial charge is 0.236 e. The van der Waals surface area contributed by atoms with Crippen molar-refractivity contribution in [2.24, 2.45) is 0 Å². The van der Waals surface area contributed by atoms with Crippen LogP contribution in [0.4, 0.5) is 5.13 Å². The lowest BCUT2D eigenvalue weighted by atomic mass is 10.3. The van der Waals surface area contributed by atoms with Crippen molar-refractivity contribution in [1.82, 2.24) is 25.2 Å². The van der Waals surface area contributed by atoms with Crippen molar-refractivity contribution in [3.8, 4) is 5.75 Å². The number of tetrazole rings is 1. The van der Waals surface area contributed by atoms with Gasteiger partial charge in [0.1, 0.15) is 5.75 Å². The number of carbonyl (C=O) groups excluding carboxylic acids is 1. The number of aromatic nitrogens is 5. The zero-order valence-corrected chi connectivity index (χ0v) is 16.6. The predicted octanol–water partition coefficient (Wildman–Crippen LogP) is 3.13. The number of thioether (sulfide) groups is 1. The van der Waals surface area contributed by atoms with Gasteiger partial charge in [-0.15, -0.1) is 16.4 Å². The fourth-order valence-corrected chi connectivity index (χ4v) is 4.59. The van der Waals surface area contributed by atoms with E-state index in [9.17, 15) is 4.79 Å². The van der Waals surface area contributed by atoms with Gasteiger partial charge < -0.3 is 10.1 Å². The summed E-state index contributed by atoms with van der Waals surface area (Å²) in [6.07, 6.45) is 0. The highest BCUT2D eigenvalue weighted by Crippen LogP contribution is 2.29. The molecule has 0 unspecified atom stereocenters. The van der Waals surface area contributed by atoms with E-state index in [-0.39, 0.29) is 11.7 Å². The molecular formula is C16H14N6O2S3. The maximum atomic E-state index is 12.3. The summed E-state index contributed by atoms with van der Waals surface area (Å²) in [5, 5.41) is 17.7. The summed E-state index contributed by atoms with van der Waals surface area (Å²) in [6.45, 7) is 0.592. The molecule has 0 saturated carbocycles. The highest BCUT2D eigenvalue weighted by Gasteiger charge is 2.13. The number of nitrogens with zero attached hydrogens (tertiary/aromatic N) is 5. The van der Waals surface area contributed by atoms with Gasteiger partial charge in [-0.05, 0) is 40.1 Å². The van der Waals surface area contributed by atoms with E-state index in [1.165, 1.54) is 23.1 Å². The van der Waals surface area contributed by atoms with E-state index in [2.05, 4.69) is 25.8 Å². The largest absolute Gasteiger partial charge is 0.497 e. The molecule has 0 bridgehead atoms. The fraction of sp³-hybridized carbons (Fsp3) is 0.188. The molecule has 3 aromatic heterocycles. The van der Waals surface area contributed by atoms with Crippen LogP contribution >= 0.6 is 34.4 Å². The summed E-state index contributed by atoms with van der Waals surface area (Å²) in [4.78, 5) is 17.8. The molecule has 0 atom stereocenters. The number of rotatable bonds is 7. The van der Waals surface area contributed by atoms with Crippen LogP contribution in [-0.2, 0) is 11.3 Å². The molecule has 0 fully saturated rings. The van der Waals surface area contributed by atoms with Crippen molar-refractivity contribution >= 4 is 55.7 Å². The molecule has 0 spiro atoms. The van der Waals surface area contributed by atoms with Gasteiger partial charge in [0, 0.05) is 4.88 Å². The number of nitrogens with one attached hydrogen (secondary N) is 1. The van der Waals surface area contributed by atoms with Gasteiger partial charge in [0.05, 0.1) is 29.6 Å². The third kappa shape index (κ3) is 4.26. The van der Waals surface area contributed by atoms with E-state index in [4.69, 9.17) is 4.74 Å². The Hall–Kier alpha value is -2.50. The van der Waals surface area contributed by atoms with Gasteiger partial charge in [-0.3, -0.25) is 4.79 Å². The van der Waals surface area contributed by atoms with Crippen molar-refractivity contribution in [3.63, 3.8) is 0 Å². The maximum Gasteiger partial charge on any atom is 0.236 e. The van der Waals surface area contributed by atoms with Crippen LogP contribution in [0.2, 0.25) is 0 Å². The summed E-state index contributed by atoms with van der Waals surface area (Å²) < 4.78 is 7.85. The van der Waals surface area contributed by atoms with Crippen LogP contribution in [-0.4, -0.2) is 44.0 Å². The van der Waals surface area contributed by atoms with Crippen molar-refractivity contribution in [3.05, 3.63) is 40.6 Å². The van der Waals surface area contributed by atoms with E-state index >= 15 is 0 Å². The Kier molecular flexibility index (Phi) is 5.32. The summed E-state index contributed by atoms with van der Waals surface area (Å²) in [5.74, 6) is 0.804. The molecule has 1 N–H and O–H groups in total. The van der Waals surface area contributed by atoms with Crippen LogP contribution in [0.3, 0.4) is 0 Å². The van der Waals surface area contributed by atoms with E-state index in [1.54, 1.807) is 23.1 Å². The summed E-state index contributed by atoms with van der Waals surface area (Å²) in [6, 6.07) is 9.62. The van der Waals surface area contributed by atoms with Crippen LogP contribution < -0.4 is 10.1 Å². The van der Waals surface area contributed by atoms with Gasteiger partial charge in [-0.2, -0.15) is 0 Å². The van der Waals surface area contributed by atoms with Crippen molar-refractivity contribution in [2.45, 2.75) is 11.7 Å². The van der Waals surface area contributed by atoms with Crippen LogP contribution in [0.5, 0.6) is 5.75 Å². The first-order valence-electron chi connectivity index (χ1n) is 7.87. The molecule has 0 aliphatic carbocycles. The third-order valence-corrected chi connectivity index (χ3v) is 6.31. The standard InChI is InChI=1S/C16H14N6O2S3/c1-24-10-4-5-12-13(7-10)27-15(17-12)18-14(23)9-26-16-19-20-21-22(16)8-11-3-2-6-25-11/h2-7H,8-9H2,1H3,(H,17,18,23). The highest BCUT2D eigenvalue weighted by atomic mass is 32.2. The van der Waals surface area contributed by atoms with Gasteiger partial charge in [-0.25, -0.2) is 9.67 Å². The normalized spacial score (nSPS) is 11.0. The molecule has 4 aromatic rings. The molecule has 138 valence electrons. The first kappa shape index (κ1) is 17.9. The van der Waals surface area contributed by atoms with Crippen molar-refractivity contribution < 1.29 is 9.53 Å². The summed E-state index contributed by atoms with van der Waals surface area (Å²) >= 11 is 4.34. The van der Waals surface area contributed by atoms with Gasteiger partial charge >= 0.3 is 0 Å². The Bertz CT molecular complexity index is 1060. The van der Waals surface area contributed by atoms with Gasteiger partial charge in [-0.1, -0.05) is 29.2 Å². The average molecular weight is 419 g/mol. The van der Waals surface area contributed by atoms with Crippen molar-refractivity contribution in [2.75, 3.05) is 18.2 Å². The van der Waals surface area contributed by atoms with E-state index in [0.29, 0.717) is 16.8 Å². The number of thiophene rings is 1. The molecule has 4 rings (SSSR count). The minimum absolute atomic E-state index is 0.156. The minimum atomic E-state index is -0.156. The van der Waals surface area contributed by atoms with Crippen LogP contribution in [0.25, 0.3) is 10.2 Å². The number of benzene rings is 1. The number of carbonyl (C=O) groups is 1. The minimum Gasteiger partial charge on any atom is -0.497 e. The van der Waals surface area contributed by atoms with Gasteiger partial charge in [0.15, 0.2) is 5.13 Å². The number of methoxy groups -OCH3 is 1. The zero-order valence-electron chi connectivity index (χ0n) is 14.2. The molecule has 0 saturated heterocycles. The molecule has 8 nitrogen and oxygen atoms in total. The third-order valence-electron chi connectivity index (χ3n) is 3.56. The molecule has 11 heteroatoms. The highest BCUT2D eigenvalue weighted by molar-refractivity contribution is 7.99. The molecule has 3 heterocycles. The second-order valence-electron chi connectivity index (χ2n) is 5.39. The Morgan fingerprint density at radius 2 is 2.30 bits per heavy atom. The van der Waals surface area contributed by atoms with Crippen LogP contribution in [0, 0.1) is 0 Å². The predicted molar refractivity (Wildman–Crippen MR) is 107 cm³/mol. The number of amides is 1. The molecule has 1 aromatic carbocycles. The summed E-state index contributed by atoms with van der Waals surface area (Å²) in [7, 11) is 1.62. The number of ether oxygens (including phenoxy) is 1. The molecule has 0 aliphatic rings.